The molecule has 2 amide bonds. The Morgan fingerprint density at radius 1 is 1.43 bits per heavy atom. The van der Waals surface area contributed by atoms with Gasteiger partial charge in [0, 0.05) is 31.9 Å². The fourth-order valence-corrected chi connectivity index (χ4v) is 3.01. The molecule has 2 aliphatic heterocycles. The Kier molecular flexibility index (Phi) is 4.28. The predicted octanol–water partition coefficient (Wildman–Crippen LogP) is 1.02. The third-order valence-corrected chi connectivity index (χ3v) is 4.23. The van der Waals surface area contributed by atoms with Crippen molar-refractivity contribution in [2.24, 2.45) is 5.73 Å². The second kappa shape index (κ2) is 6.34. The van der Waals surface area contributed by atoms with Crippen molar-refractivity contribution in [2.75, 3.05) is 25.0 Å². The monoisotopic (exact) mass is 293 g/mol. The Hall–Kier alpha value is -1.76. The van der Waals surface area contributed by atoms with Crippen LogP contribution in [0.2, 0.25) is 0 Å². The van der Waals surface area contributed by atoms with Crippen LogP contribution in [0, 0.1) is 0 Å². The normalized spacial score (nSPS) is 23.4. The van der Waals surface area contributed by atoms with Gasteiger partial charge >= 0.3 is 6.03 Å². The molecule has 3 N–H and O–H groups in total. The summed E-state index contributed by atoms with van der Waals surface area (Å²) < 4.78 is 7.56. The van der Waals surface area contributed by atoms with Gasteiger partial charge < -0.3 is 20.7 Å². The van der Waals surface area contributed by atoms with Crippen LogP contribution in [0.1, 0.15) is 25.7 Å². The first-order chi connectivity index (χ1) is 10.2. The lowest BCUT2D eigenvalue weighted by Crippen LogP contribution is -2.44. The average Bonchev–Trinajstić information content (AvgIpc) is 3.12. The number of hydrogen-bond acceptors (Lipinski definition) is 4. The maximum atomic E-state index is 11.1. The molecule has 7 nitrogen and oxygen atoms in total. The highest BCUT2D eigenvalue weighted by atomic mass is 16.5. The number of urea groups is 1. The second-order valence-electron chi connectivity index (χ2n) is 5.83. The Balaban J connectivity index is 1.47. The highest BCUT2D eigenvalue weighted by Crippen LogP contribution is 2.18. The van der Waals surface area contributed by atoms with E-state index in [0.717, 1.165) is 57.6 Å². The molecule has 1 atom stereocenters. The SMILES string of the molecule is NC(=O)N1CCC(Nc2cnn(CC3CCCO3)c2)CC1. The minimum absolute atomic E-state index is 0.302. The van der Waals surface area contributed by atoms with E-state index in [1.54, 1.807) is 4.90 Å². The van der Waals surface area contributed by atoms with Crippen molar-refractivity contribution in [1.82, 2.24) is 14.7 Å². The van der Waals surface area contributed by atoms with Crippen molar-refractivity contribution >= 4 is 11.7 Å². The minimum Gasteiger partial charge on any atom is -0.380 e. The van der Waals surface area contributed by atoms with Crippen LogP contribution in [0.3, 0.4) is 0 Å². The van der Waals surface area contributed by atoms with E-state index in [0.29, 0.717) is 12.1 Å². The molecular formula is C14H23N5O2. The van der Waals surface area contributed by atoms with Crippen LogP contribution < -0.4 is 11.1 Å². The number of carbonyl (C=O) groups excluding carboxylic acids is 1. The third kappa shape index (κ3) is 3.66. The second-order valence-corrected chi connectivity index (χ2v) is 5.83. The number of rotatable bonds is 4. The van der Waals surface area contributed by atoms with Crippen LogP contribution in [-0.2, 0) is 11.3 Å². The fourth-order valence-electron chi connectivity index (χ4n) is 3.01. The van der Waals surface area contributed by atoms with E-state index < -0.39 is 0 Å². The van der Waals surface area contributed by atoms with E-state index in [2.05, 4.69) is 10.4 Å². The molecule has 0 aliphatic carbocycles. The number of hydrogen-bond donors (Lipinski definition) is 2. The largest absolute Gasteiger partial charge is 0.380 e. The number of nitrogens with two attached hydrogens (primary N) is 1. The minimum atomic E-state index is -0.321. The number of likely N-dealkylation sites (tertiary alicyclic amines) is 1. The Morgan fingerprint density at radius 3 is 2.90 bits per heavy atom. The molecule has 0 bridgehead atoms. The zero-order chi connectivity index (χ0) is 14.7. The summed E-state index contributed by atoms with van der Waals surface area (Å²) in [5.41, 5.74) is 6.32. The Bertz CT molecular complexity index is 475. The summed E-state index contributed by atoms with van der Waals surface area (Å²) in [6.07, 6.45) is 8.29. The Labute approximate surface area is 124 Å². The van der Waals surface area contributed by atoms with Crippen LogP contribution in [0.15, 0.2) is 12.4 Å². The first-order valence-corrected chi connectivity index (χ1v) is 7.65. The fraction of sp³-hybridized carbons (Fsp3) is 0.714. The van der Waals surface area contributed by atoms with Gasteiger partial charge in [0.2, 0.25) is 0 Å². The number of nitrogens with one attached hydrogen (secondary N) is 1. The highest BCUT2D eigenvalue weighted by molar-refractivity contribution is 5.72. The van der Waals surface area contributed by atoms with Gasteiger partial charge in [0.1, 0.15) is 0 Å². The van der Waals surface area contributed by atoms with Crippen LogP contribution >= 0.6 is 0 Å². The van der Waals surface area contributed by atoms with Gasteiger partial charge in [0.05, 0.1) is 24.5 Å². The average molecular weight is 293 g/mol. The van der Waals surface area contributed by atoms with Crippen LogP contribution in [0.25, 0.3) is 0 Å². The van der Waals surface area contributed by atoms with Gasteiger partial charge in [0.15, 0.2) is 0 Å². The molecule has 0 spiro atoms. The molecule has 0 saturated carbocycles. The van der Waals surface area contributed by atoms with Crippen molar-refractivity contribution in [3.63, 3.8) is 0 Å². The van der Waals surface area contributed by atoms with E-state index >= 15 is 0 Å². The predicted molar refractivity (Wildman–Crippen MR) is 79.0 cm³/mol. The molecule has 2 aliphatic rings. The smallest absolute Gasteiger partial charge is 0.314 e. The maximum absolute atomic E-state index is 11.1. The number of amides is 2. The summed E-state index contributed by atoms with van der Waals surface area (Å²) >= 11 is 0. The molecule has 2 fully saturated rings. The third-order valence-electron chi connectivity index (χ3n) is 4.23. The quantitative estimate of drug-likeness (QED) is 0.868. The van der Waals surface area contributed by atoms with Crippen molar-refractivity contribution in [2.45, 2.75) is 44.4 Å². The van der Waals surface area contributed by atoms with Crippen molar-refractivity contribution in [3.05, 3.63) is 12.4 Å². The lowest BCUT2D eigenvalue weighted by Gasteiger charge is -2.31. The standard InChI is InChI=1S/C14H23N5O2/c15-14(20)18-5-3-11(4-6-18)17-12-8-16-19(9-12)10-13-2-1-7-21-13/h8-9,11,13,17H,1-7,10H2,(H2,15,20). The van der Waals surface area contributed by atoms with Gasteiger partial charge in [0.25, 0.3) is 0 Å². The molecule has 3 rings (SSSR count). The van der Waals surface area contributed by atoms with Gasteiger partial charge in [-0.25, -0.2) is 4.79 Å². The van der Waals surface area contributed by atoms with E-state index in [1.165, 1.54) is 0 Å². The topological polar surface area (TPSA) is 85.4 Å². The van der Waals surface area contributed by atoms with Gasteiger partial charge in [-0.1, -0.05) is 0 Å². The maximum Gasteiger partial charge on any atom is 0.314 e. The van der Waals surface area contributed by atoms with Crippen LogP contribution in [-0.4, -0.2) is 52.6 Å². The molecule has 7 heteroatoms. The molecule has 0 aromatic carbocycles. The molecule has 1 aromatic heterocycles. The molecule has 1 aromatic rings. The summed E-state index contributed by atoms with van der Waals surface area (Å²) in [7, 11) is 0. The number of aromatic nitrogens is 2. The van der Waals surface area contributed by atoms with Gasteiger partial charge in [-0.2, -0.15) is 5.10 Å². The molecule has 0 radical (unpaired) electrons. The molecule has 3 heterocycles. The first-order valence-electron chi connectivity index (χ1n) is 7.65. The molecule has 21 heavy (non-hydrogen) atoms. The van der Waals surface area contributed by atoms with Crippen LogP contribution in [0.5, 0.6) is 0 Å². The number of primary amides is 1. The number of piperidine rings is 1. The lowest BCUT2D eigenvalue weighted by molar-refractivity contribution is 0.0940. The lowest BCUT2D eigenvalue weighted by atomic mass is 10.1. The molecule has 116 valence electrons. The van der Waals surface area contributed by atoms with Gasteiger partial charge in [-0.15, -0.1) is 0 Å². The highest BCUT2D eigenvalue weighted by Gasteiger charge is 2.21. The first kappa shape index (κ1) is 14.2. The van der Waals surface area contributed by atoms with Crippen molar-refractivity contribution < 1.29 is 9.53 Å². The summed E-state index contributed by atoms with van der Waals surface area (Å²) in [5.74, 6) is 0. The van der Waals surface area contributed by atoms with Gasteiger partial charge in [-0.3, -0.25) is 4.68 Å². The number of anilines is 1. The van der Waals surface area contributed by atoms with E-state index in [9.17, 15) is 4.79 Å². The van der Waals surface area contributed by atoms with Crippen molar-refractivity contribution in [1.29, 1.82) is 0 Å². The molecule has 2 saturated heterocycles. The number of carbonyl (C=O) groups is 1. The summed E-state index contributed by atoms with van der Waals surface area (Å²) in [5, 5.41) is 7.86. The number of ether oxygens (including phenoxy) is 1. The number of nitrogens with zero attached hydrogens (tertiary/aromatic N) is 3. The van der Waals surface area contributed by atoms with Gasteiger partial charge in [-0.05, 0) is 25.7 Å². The van der Waals surface area contributed by atoms with Crippen LogP contribution in [0.4, 0.5) is 10.5 Å². The Morgan fingerprint density at radius 2 is 2.24 bits per heavy atom. The van der Waals surface area contributed by atoms with E-state index in [1.807, 2.05) is 17.1 Å². The zero-order valence-electron chi connectivity index (χ0n) is 12.2. The van der Waals surface area contributed by atoms with Crippen molar-refractivity contribution in [3.8, 4) is 0 Å². The zero-order valence-corrected chi connectivity index (χ0v) is 12.2. The summed E-state index contributed by atoms with van der Waals surface area (Å²) in [4.78, 5) is 12.8. The summed E-state index contributed by atoms with van der Waals surface area (Å²) in [6, 6.07) is 0.0545. The van der Waals surface area contributed by atoms with E-state index in [-0.39, 0.29) is 6.03 Å². The molecular weight excluding hydrogens is 270 g/mol. The summed E-state index contributed by atoms with van der Waals surface area (Å²) in [6.45, 7) is 3.13. The van der Waals surface area contributed by atoms with E-state index in [4.69, 9.17) is 10.5 Å². The molecule has 1 unspecified atom stereocenters.